The van der Waals surface area contributed by atoms with Gasteiger partial charge in [-0.15, -0.1) is 11.6 Å². The number of amides is 1. The first-order chi connectivity index (χ1) is 5.70. The molecule has 0 saturated carbocycles. The van der Waals surface area contributed by atoms with Crippen molar-refractivity contribution in [1.29, 1.82) is 0 Å². The lowest BCUT2D eigenvalue weighted by molar-refractivity contribution is -0.115. The molecule has 1 unspecified atom stereocenters. The van der Waals surface area contributed by atoms with Gasteiger partial charge < -0.3 is 0 Å². The number of hydrogen-bond acceptors (Lipinski definition) is 3. The summed E-state index contributed by atoms with van der Waals surface area (Å²) in [6.45, 7) is 1.58. The van der Waals surface area contributed by atoms with Crippen molar-refractivity contribution in [2.24, 2.45) is 0 Å². The first kappa shape index (κ1) is 8.93. The number of nitrogens with zero attached hydrogens (tertiary/aromatic N) is 2. The van der Waals surface area contributed by atoms with Gasteiger partial charge in [-0.1, -0.05) is 0 Å². The Hall–Kier alpha value is -1.16. The lowest BCUT2D eigenvalue weighted by atomic mass is 10.4. The monoisotopic (exact) mass is 185 g/mol. The minimum absolute atomic E-state index is 0.273. The summed E-state index contributed by atoms with van der Waals surface area (Å²) < 4.78 is 0. The van der Waals surface area contributed by atoms with Crippen LogP contribution in [-0.4, -0.2) is 21.3 Å². The van der Waals surface area contributed by atoms with Crippen LogP contribution in [0.4, 0.5) is 5.95 Å². The predicted molar refractivity (Wildman–Crippen MR) is 46.0 cm³/mol. The first-order valence-electron chi connectivity index (χ1n) is 3.42. The van der Waals surface area contributed by atoms with E-state index in [4.69, 9.17) is 11.6 Å². The second-order valence-corrected chi connectivity index (χ2v) is 2.83. The molecule has 0 aliphatic rings. The minimum Gasteiger partial charge on any atom is -0.293 e. The topological polar surface area (TPSA) is 54.9 Å². The lowest BCUT2D eigenvalue weighted by Gasteiger charge is -2.02. The van der Waals surface area contributed by atoms with Crippen molar-refractivity contribution >= 4 is 23.5 Å². The van der Waals surface area contributed by atoms with Crippen molar-refractivity contribution in [3.63, 3.8) is 0 Å². The molecule has 1 atom stereocenters. The number of halogens is 1. The van der Waals surface area contributed by atoms with Gasteiger partial charge in [-0.25, -0.2) is 9.97 Å². The van der Waals surface area contributed by atoms with E-state index >= 15 is 0 Å². The number of carbonyl (C=O) groups excluding carboxylic acids is 1. The summed E-state index contributed by atoms with van der Waals surface area (Å²) >= 11 is 5.51. The van der Waals surface area contributed by atoms with Crippen LogP contribution in [0.1, 0.15) is 6.92 Å². The van der Waals surface area contributed by atoms with Crippen LogP contribution in [0.25, 0.3) is 0 Å². The van der Waals surface area contributed by atoms with Gasteiger partial charge in [-0.05, 0) is 13.0 Å². The molecule has 0 fully saturated rings. The molecule has 12 heavy (non-hydrogen) atoms. The molecule has 1 aromatic heterocycles. The van der Waals surface area contributed by atoms with Crippen LogP contribution in [0.15, 0.2) is 18.5 Å². The van der Waals surface area contributed by atoms with E-state index in [1.807, 2.05) is 0 Å². The molecular formula is C7H8ClN3O. The van der Waals surface area contributed by atoms with E-state index in [0.29, 0.717) is 0 Å². The molecule has 0 aliphatic carbocycles. The molecule has 1 heterocycles. The summed E-state index contributed by atoms with van der Waals surface area (Å²) in [5.41, 5.74) is 0. The second kappa shape index (κ2) is 4.01. The third kappa shape index (κ3) is 2.47. The molecule has 1 amide bonds. The SMILES string of the molecule is CC(Cl)C(=O)Nc1ncccn1. The molecule has 1 aromatic rings. The fourth-order valence-corrected chi connectivity index (χ4v) is 0.628. The van der Waals surface area contributed by atoms with E-state index in [9.17, 15) is 4.79 Å². The van der Waals surface area contributed by atoms with Crippen molar-refractivity contribution in [3.05, 3.63) is 18.5 Å². The molecule has 1 N–H and O–H groups in total. The summed E-state index contributed by atoms with van der Waals surface area (Å²) in [7, 11) is 0. The van der Waals surface area contributed by atoms with Gasteiger partial charge in [-0.3, -0.25) is 10.1 Å². The van der Waals surface area contributed by atoms with Crippen LogP contribution in [0.2, 0.25) is 0 Å². The number of anilines is 1. The van der Waals surface area contributed by atoms with Gasteiger partial charge in [0, 0.05) is 12.4 Å². The van der Waals surface area contributed by atoms with Crippen molar-refractivity contribution in [1.82, 2.24) is 9.97 Å². The maximum atomic E-state index is 11.0. The molecule has 0 aliphatic heterocycles. The third-order valence-corrected chi connectivity index (χ3v) is 1.36. The highest BCUT2D eigenvalue weighted by Gasteiger charge is 2.09. The zero-order valence-electron chi connectivity index (χ0n) is 6.49. The number of hydrogen-bond donors (Lipinski definition) is 1. The molecule has 4 nitrogen and oxygen atoms in total. The molecule has 1 rings (SSSR count). The lowest BCUT2D eigenvalue weighted by Crippen LogP contribution is -2.21. The molecular weight excluding hydrogens is 178 g/mol. The van der Waals surface area contributed by atoms with Gasteiger partial charge >= 0.3 is 0 Å². The van der Waals surface area contributed by atoms with Gasteiger partial charge in [0.15, 0.2) is 0 Å². The van der Waals surface area contributed by atoms with Crippen LogP contribution in [0.3, 0.4) is 0 Å². The van der Waals surface area contributed by atoms with Crippen molar-refractivity contribution in [2.75, 3.05) is 5.32 Å². The minimum atomic E-state index is -0.575. The van der Waals surface area contributed by atoms with Gasteiger partial charge in [-0.2, -0.15) is 0 Å². The second-order valence-electron chi connectivity index (χ2n) is 2.18. The molecule has 0 spiro atoms. The standard InChI is InChI=1S/C7H8ClN3O/c1-5(8)6(12)11-7-9-3-2-4-10-7/h2-5H,1H3,(H,9,10,11,12). The first-order valence-corrected chi connectivity index (χ1v) is 3.86. The number of alkyl halides is 1. The van der Waals surface area contributed by atoms with E-state index in [2.05, 4.69) is 15.3 Å². The van der Waals surface area contributed by atoms with Crippen LogP contribution >= 0.6 is 11.6 Å². The number of aromatic nitrogens is 2. The van der Waals surface area contributed by atoms with Gasteiger partial charge in [0.05, 0.1) is 0 Å². The Kier molecular flexibility index (Phi) is 2.99. The Morgan fingerprint density at radius 1 is 1.58 bits per heavy atom. The quantitative estimate of drug-likeness (QED) is 0.701. The summed E-state index contributed by atoms with van der Waals surface area (Å²) in [5, 5.41) is 1.87. The average molecular weight is 186 g/mol. The Morgan fingerprint density at radius 2 is 2.17 bits per heavy atom. The van der Waals surface area contributed by atoms with Crippen LogP contribution in [0, 0.1) is 0 Å². The third-order valence-electron chi connectivity index (χ3n) is 1.16. The summed E-state index contributed by atoms with van der Waals surface area (Å²) in [6.07, 6.45) is 3.09. The van der Waals surface area contributed by atoms with Crippen LogP contribution in [0.5, 0.6) is 0 Å². The van der Waals surface area contributed by atoms with Crippen molar-refractivity contribution < 1.29 is 4.79 Å². The molecule has 64 valence electrons. The van der Waals surface area contributed by atoms with Gasteiger partial charge in [0.2, 0.25) is 11.9 Å². The van der Waals surface area contributed by atoms with Crippen LogP contribution < -0.4 is 5.32 Å². The molecule has 5 heteroatoms. The molecule has 0 saturated heterocycles. The smallest absolute Gasteiger partial charge is 0.244 e. The van der Waals surface area contributed by atoms with Crippen LogP contribution in [-0.2, 0) is 4.79 Å². The highest BCUT2D eigenvalue weighted by Crippen LogP contribution is 1.99. The fourth-order valence-electron chi connectivity index (χ4n) is 0.573. The number of rotatable bonds is 2. The van der Waals surface area contributed by atoms with Crippen molar-refractivity contribution in [2.45, 2.75) is 12.3 Å². The maximum Gasteiger partial charge on any atom is 0.244 e. The van der Waals surface area contributed by atoms with Gasteiger partial charge in [0.1, 0.15) is 5.38 Å². The van der Waals surface area contributed by atoms with E-state index in [1.165, 1.54) is 0 Å². The Morgan fingerprint density at radius 3 is 2.67 bits per heavy atom. The zero-order valence-corrected chi connectivity index (χ0v) is 7.25. The maximum absolute atomic E-state index is 11.0. The Labute approximate surface area is 75.0 Å². The summed E-state index contributed by atoms with van der Waals surface area (Å²) in [6, 6.07) is 1.67. The Balaban J connectivity index is 2.59. The normalized spacial score (nSPS) is 12.2. The molecule has 0 bridgehead atoms. The van der Waals surface area contributed by atoms with Crippen molar-refractivity contribution in [3.8, 4) is 0 Å². The number of nitrogens with one attached hydrogen (secondary N) is 1. The average Bonchev–Trinajstić information content (AvgIpc) is 2.06. The highest BCUT2D eigenvalue weighted by atomic mass is 35.5. The van der Waals surface area contributed by atoms with Gasteiger partial charge in [0.25, 0.3) is 0 Å². The Bertz CT molecular complexity index is 263. The predicted octanol–water partition coefficient (Wildman–Crippen LogP) is 1.04. The van der Waals surface area contributed by atoms with E-state index in [0.717, 1.165) is 0 Å². The summed E-state index contributed by atoms with van der Waals surface area (Å²) in [4.78, 5) is 18.6. The molecule has 0 aromatic carbocycles. The van der Waals surface area contributed by atoms with E-state index in [-0.39, 0.29) is 11.9 Å². The fraction of sp³-hybridized carbons (Fsp3) is 0.286. The number of carbonyl (C=O) groups is 1. The largest absolute Gasteiger partial charge is 0.293 e. The molecule has 0 radical (unpaired) electrons. The summed E-state index contributed by atoms with van der Waals surface area (Å²) in [5.74, 6) is -0.0298. The van der Waals surface area contributed by atoms with E-state index < -0.39 is 5.38 Å². The highest BCUT2D eigenvalue weighted by molar-refractivity contribution is 6.32. The zero-order chi connectivity index (χ0) is 8.97. The van der Waals surface area contributed by atoms with E-state index in [1.54, 1.807) is 25.4 Å².